The van der Waals surface area contributed by atoms with Gasteiger partial charge in [-0.25, -0.2) is 14.4 Å². The van der Waals surface area contributed by atoms with Gasteiger partial charge in [0.25, 0.3) is 5.91 Å². The first-order chi connectivity index (χ1) is 12.5. The minimum Gasteiger partial charge on any atom is -0.476 e. The second-order valence-corrected chi connectivity index (χ2v) is 6.08. The first-order valence-corrected chi connectivity index (χ1v) is 8.47. The molecule has 3 aromatic rings. The first-order valence-electron chi connectivity index (χ1n) is 8.47. The summed E-state index contributed by atoms with van der Waals surface area (Å²) >= 11 is 0. The van der Waals surface area contributed by atoms with E-state index >= 15 is 0 Å². The van der Waals surface area contributed by atoms with Gasteiger partial charge in [-0.15, -0.1) is 0 Å². The maximum Gasteiger partial charge on any atom is 0.280 e. The molecule has 6 heteroatoms. The number of rotatable bonds is 5. The number of ether oxygens (including phenoxy) is 1. The number of carbonyl (C=O) groups excluding carboxylic acids is 1. The minimum atomic E-state index is -0.561. The molecule has 0 aliphatic rings. The second-order valence-electron chi connectivity index (χ2n) is 6.08. The summed E-state index contributed by atoms with van der Waals surface area (Å²) in [5, 5.41) is 2.54. The zero-order valence-electron chi connectivity index (χ0n) is 15.0. The third-order valence-electron chi connectivity index (χ3n) is 4.03. The van der Waals surface area contributed by atoms with E-state index in [9.17, 15) is 9.18 Å². The predicted octanol–water partition coefficient (Wildman–Crippen LogP) is 4.43. The summed E-state index contributed by atoms with van der Waals surface area (Å²) < 4.78 is 19.5. The quantitative estimate of drug-likeness (QED) is 0.737. The lowest BCUT2D eigenvalue weighted by Gasteiger charge is -2.12. The van der Waals surface area contributed by atoms with E-state index in [1.165, 1.54) is 12.1 Å². The summed E-state index contributed by atoms with van der Waals surface area (Å²) in [6, 6.07) is 9.76. The van der Waals surface area contributed by atoms with Crippen molar-refractivity contribution in [1.82, 2.24) is 9.97 Å². The number of hydrogen-bond acceptors (Lipinski definition) is 4. The van der Waals surface area contributed by atoms with Gasteiger partial charge in [0.1, 0.15) is 5.82 Å². The summed E-state index contributed by atoms with van der Waals surface area (Å²) in [7, 11) is 0. The number of carbonyl (C=O) groups is 1. The Morgan fingerprint density at radius 3 is 2.42 bits per heavy atom. The van der Waals surface area contributed by atoms with Crippen molar-refractivity contribution in [3.05, 3.63) is 59.0 Å². The lowest BCUT2D eigenvalue weighted by Crippen LogP contribution is -2.17. The highest BCUT2D eigenvalue weighted by Gasteiger charge is 2.19. The number of anilines is 1. The molecule has 0 aliphatic heterocycles. The Morgan fingerprint density at radius 2 is 1.77 bits per heavy atom. The molecule has 0 radical (unpaired) electrons. The van der Waals surface area contributed by atoms with Crippen molar-refractivity contribution < 1.29 is 13.9 Å². The molecule has 0 atom stereocenters. The van der Waals surface area contributed by atoms with E-state index in [0.717, 1.165) is 17.5 Å². The number of halogens is 1. The van der Waals surface area contributed by atoms with E-state index < -0.39 is 11.7 Å². The van der Waals surface area contributed by atoms with Crippen molar-refractivity contribution in [2.24, 2.45) is 0 Å². The smallest absolute Gasteiger partial charge is 0.280 e. The van der Waals surface area contributed by atoms with Crippen molar-refractivity contribution >= 4 is 22.6 Å². The molecular formula is C20H20FN3O2. The van der Waals surface area contributed by atoms with Crippen LogP contribution in [0, 0.1) is 19.7 Å². The van der Waals surface area contributed by atoms with E-state index in [2.05, 4.69) is 15.3 Å². The Kier molecular flexibility index (Phi) is 5.11. The van der Waals surface area contributed by atoms with Gasteiger partial charge < -0.3 is 10.1 Å². The fourth-order valence-corrected chi connectivity index (χ4v) is 2.49. The van der Waals surface area contributed by atoms with Crippen molar-refractivity contribution in [2.75, 3.05) is 11.9 Å². The standard InChI is InChI=1S/C20H20FN3O2/c1-4-9-26-20-18(19(25)23-15-8-6-5-7-14(15)21)22-16-10-12(2)13(3)11-17(16)24-20/h5-8,10-11H,4,9H2,1-3H3,(H,23,25). The van der Waals surface area contributed by atoms with Crippen LogP contribution in [0.1, 0.15) is 35.0 Å². The number of hydrogen-bond donors (Lipinski definition) is 1. The third-order valence-corrected chi connectivity index (χ3v) is 4.03. The molecule has 0 aliphatic carbocycles. The summed E-state index contributed by atoms with van der Waals surface area (Å²) in [5.74, 6) is -0.928. The third kappa shape index (κ3) is 3.64. The van der Waals surface area contributed by atoms with E-state index in [1.54, 1.807) is 12.1 Å². The van der Waals surface area contributed by atoms with Crippen LogP contribution in [-0.4, -0.2) is 22.5 Å². The predicted molar refractivity (Wildman–Crippen MR) is 99.2 cm³/mol. The Morgan fingerprint density at radius 1 is 1.12 bits per heavy atom. The van der Waals surface area contributed by atoms with Gasteiger partial charge in [-0.1, -0.05) is 19.1 Å². The van der Waals surface area contributed by atoms with Crippen LogP contribution < -0.4 is 10.1 Å². The summed E-state index contributed by atoms with van der Waals surface area (Å²) in [6.07, 6.45) is 0.765. The number of benzene rings is 2. The summed E-state index contributed by atoms with van der Waals surface area (Å²) in [5.41, 5.74) is 3.50. The highest BCUT2D eigenvalue weighted by Crippen LogP contribution is 2.23. The number of aromatic nitrogens is 2. The van der Waals surface area contributed by atoms with Gasteiger partial charge in [0.15, 0.2) is 5.69 Å². The molecule has 0 fully saturated rings. The number of para-hydroxylation sites is 1. The van der Waals surface area contributed by atoms with E-state index in [-0.39, 0.29) is 17.3 Å². The molecule has 1 amide bonds. The number of fused-ring (bicyclic) bond motifs is 1. The molecule has 2 aromatic carbocycles. The molecule has 3 rings (SSSR count). The molecule has 134 valence electrons. The molecule has 0 saturated carbocycles. The van der Waals surface area contributed by atoms with Crippen molar-refractivity contribution in [1.29, 1.82) is 0 Å². The zero-order valence-corrected chi connectivity index (χ0v) is 15.0. The average molecular weight is 353 g/mol. The van der Waals surface area contributed by atoms with Crippen molar-refractivity contribution in [3.63, 3.8) is 0 Å². The lowest BCUT2D eigenvalue weighted by molar-refractivity contribution is 0.101. The van der Waals surface area contributed by atoms with Crippen LogP contribution in [-0.2, 0) is 0 Å². The SMILES string of the molecule is CCCOc1nc2cc(C)c(C)cc2nc1C(=O)Nc1ccccc1F. The molecule has 0 spiro atoms. The number of amides is 1. The van der Waals surface area contributed by atoms with Crippen LogP contribution >= 0.6 is 0 Å². The minimum absolute atomic E-state index is 0.0393. The Balaban J connectivity index is 2.05. The molecule has 0 saturated heterocycles. The number of aryl methyl sites for hydroxylation is 2. The summed E-state index contributed by atoms with van der Waals surface area (Å²) in [6.45, 7) is 6.32. The van der Waals surface area contributed by atoms with Crippen LogP contribution in [0.2, 0.25) is 0 Å². The molecule has 1 heterocycles. The van der Waals surface area contributed by atoms with Crippen LogP contribution in [0.5, 0.6) is 5.88 Å². The van der Waals surface area contributed by atoms with Crippen LogP contribution in [0.3, 0.4) is 0 Å². The Bertz CT molecular complexity index is 973. The second kappa shape index (κ2) is 7.47. The van der Waals surface area contributed by atoms with E-state index in [1.807, 2.05) is 32.9 Å². The highest BCUT2D eigenvalue weighted by atomic mass is 19.1. The summed E-state index contributed by atoms with van der Waals surface area (Å²) in [4.78, 5) is 21.6. The highest BCUT2D eigenvalue weighted by molar-refractivity contribution is 6.05. The van der Waals surface area contributed by atoms with Gasteiger partial charge in [0.05, 0.1) is 23.3 Å². The molecule has 5 nitrogen and oxygen atoms in total. The van der Waals surface area contributed by atoms with Gasteiger partial charge in [-0.2, -0.15) is 0 Å². The van der Waals surface area contributed by atoms with Crippen LogP contribution in [0.15, 0.2) is 36.4 Å². The van der Waals surface area contributed by atoms with Gasteiger partial charge in [0.2, 0.25) is 5.88 Å². The topological polar surface area (TPSA) is 64.1 Å². The maximum atomic E-state index is 13.8. The van der Waals surface area contributed by atoms with Gasteiger partial charge >= 0.3 is 0 Å². The monoisotopic (exact) mass is 353 g/mol. The fourth-order valence-electron chi connectivity index (χ4n) is 2.49. The normalized spacial score (nSPS) is 10.8. The molecule has 0 bridgehead atoms. The van der Waals surface area contributed by atoms with Gasteiger partial charge in [-0.3, -0.25) is 4.79 Å². The van der Waals surface area contributed by atoms with Crippen molar-refractivity contribution in [3.8, 4) is 5.88 Å². The molecule has 0 unspecified atom stereocenters. The van der Waals surface area contributed by atoms with Crippen molar-refractivity contribution in [2.45, 2.75) is 27.2 Å². The van der Waals surface area contributed by atoms with Gasteiger partial charge in [0, 0.05) is 0 Å². The zero-order chi connectivity index (χ0) is 18.7. The molecule has 26 heavy (non-hydrogen) atoms. The van der Waals surface area contributed by atoms with Crippen LogP contribution in [0.25, 0.3) is 11.0 Å². The van der Waals surface area contributed by atoms with E-state index in [0.29, 0.717) is 17.6 Å². The van der Waals surface area contributed by atoms with Crippen LogP contribution in [0.4, 0.5) is 10.1 Å². The molecular weight excluding hydrogens is 333 g/mol. The fraction of sp³-hybridized carbons (Fsp3) is 0.250. The van der Waals surface area contributed by atoms with E-state index in [4.69, 9.17) is 4.74 Å². The number of nitrogens with zero attached hydrogens (tertiary/aromatic N) is 2. The largest absolute Gasteiger partial charge is 0.476 e. The number of nitrogens with one attached hydrogen (secondary N) is 1. The first kappa shape index (κ1) is 17.8. The molecule has 1 aromatic heterocycles. The average Bonchev–Trinajstić information content (AvgIpc) is 2.62. The Hall–Kier alpha value is -3.02. The van der Waals surface area contributed by atoms with Gasteiger partial charge in [-0.05, 0) is 55.7 Å². The lowest BCUT2D eigenvalue weighted by atomic mass is 10.1. The maximum absolute atomic E-state index is 13.8. The Labute approximate surface area is 151 Å². The molecule has 1 N–H and O–H groups in total.